The highest BCUT2D eigenvalue weighted by Crippen LogP contribution is 2.33. The van der Waals surface area contributed by atoms with Crippen molar-refractivity contribution >= 4 is 9.13 Å². The summed E-state index contributed by atoms with van der Waals surface area (Å²) < 4.78 is 13.1. The molecule has 0 unspecified atom stereocenters. The van der Waals surface area contributed by atoms with Gasteiger partial charge >= 0.3 is 0 Å². The molecule has 0 nitrogen and oxygen atoms in total. The van der Waals surface area contributed by atoms with Crippen molar-refractivity contribution in [2.45, 2.75) is 45.2 Å². The highest BCUT2D eigenvalue weighted by molar-refractivity contribution is 6.56. The first-order chi connectivity index (χ1) is 3.85. The van der Waals surface area contributed by atoms with E-state index in [0.29, 0.717) is 0 Å². The van der Waals surface area contributed by atoms with Gasteiger partial charge in [0, 0.05) is 0 Å². The maximum Gasteiger partial charge on any atom is 0.279 e. The molecule has 0 amide bonds. The van der Waals surface area contributed by atoms with E-state index < -0.39 is 9.13 Å². The minimum Gasteiger partial charge on any atom is -0.313 e. The van der Waals surface area contributed by atoms with Gasteiger partial charge in [0.1, 0.15) is 0 Å². The van der Waals surface area contributed by atoms with Crippen molar-refractivity contribution in [1.82, 2.24) is 0 Å². The molecule has 0 aliphatic rings. The van der Waals surface area contributed by atoms with Crippen LogP contribution in [0.2, 0.25) is 10.6 Å². The average molecular weight is 147 g/mol. The van der Waals surface area contributed by atoms with Gasteiger partial charge in [-0.25, -0.2) is 0 Å². The van der Waals surface area contributed by atoms with E-state index in [-0.39, 0.29) is 10.6 Å². The van der Waals surface area contributed by atoms with Gasteiger partial charge in [0.15, 0.2) is 0 Å². The SMILES string of the molecule is CC(C)[Si](F)C(C)(C)C. The van der Waals surface area contributed by atoms with Crippen LogP contribution in [0.3, 0.4) is 0 Å². The van der Waals surface area contributed by atoms with E-state index in [2.05, 4.69) is 0 Å². The first-order valence-electron chi connectivity index (χ1n) is 3.38. The van der Waals surface area contributed by atoms with Crippen LogP contribution in [0.4, 0.5) is 4.11 Å². The summed E-state index contributed by atoms with van der Waals surface area (Å²) in [6, 6.07) is 0. The van der Waals surface area contributed by atoms with E-state index in [0.717, 1.165) is 0 Å². The van der Waals surface area contributed by atoms with Crippen LogP contribution < -0.4 is 0 Å². The Morgan fingerprint density at radius 3 is 1.56 bits per heavy atom. The van der Waals surface area contributed by atoms with Gasteiger partial charge in [-0.2, -0.15) is 0 Å². The third-order valence-corrected chi connectivity index (χ3v) is 3.67. The normalized spacial score (nSPS) is 13.3. The maximum absolute atomic E-state index is 13.1. The molecular weight excluding hydrogens is 131 g/mol. The molecular formula is C7H16FSi. The van der Waals surface area contributed by atoms with Crippen LogP contribution >= 0.6 is 0 Å². The van der Waals surface area contributed by atoms with Gasteiger partial charge in [-0.05, 0) is 10.6 Å². The predicted octanol–water partition coefficient (Wildman–Crippen LogP) is 3.16. The Labute approximate surface area is 59.2 Å². The monoisotopic (exact) mass is 147 g/mol. The Hall–Kier alpha value is 0.147. The van der Waals surface area contributed by atoms with E-state index in [4.69, 9.17) is 0 Å². The van der Waals surface area contributed by atoms with Crippen molar-refractivity contribution in [2.24, 2.45) is 0 Å². The first-order valence-corrected chi connectivity index (χ1v) is 4.84. The molecule has 55 valence electrons. The minimum absolute atomic E-state index is 0.0845. The molecule has 0 aromatic rings. The Morgan fingerprint density at radius 1 is 1.22 bits per heavy atom. The molecule has 0 bridgehead atoms. The van der Waals surface area contributed by atoms with Crippen molar-refractivity contribution in [2.75, 3.05) is 0 Å². The molecule has 0 saturated heterocycles. The summed E-state index contributed by atoms with van der Waals surface area (Å²) in [5.74, 6) is 0. The third kappa shape index (κ3) is 2.99. The molecule has 0 aliphatic heterocycles. The number of hydrogen-bond acceptors (Lipinski definition) is 0. The summed E-state index contributed by atoms with van der Waals surface area (Å²) in [7, 11) is -1.62. The lowest BCUT2D eigenvalue weighted by molar-refractivity contribution is 0.622. The van der Waals surface area contributed by atoms with Gasteiger partial charge in [0.05, 0.1) is 0 Å². The van der Waals surface area contributed by atoms with Crippen LogP contribution in [0.5, 0.6) is 0 Å². The van der Waals surface area contributed by atoms with Crippen LogP contribution in [-0.4, -0.2) is 9.13 Å². The van der Waals surface area contributed by atoms with Crippen molar-refractivity contribution in [3.63, 3.8) is 0 Å². The van der Waals surface area contributed by atoms with Crippen LogP contribution in [0.1, 0.15) is 34.6 Å². The lowest BCUT2D eigenvalue weighted by Gasteiger charge is -2.23. The third-order valence-electron chi connectivity index (χ3n) is 1.22. The van der Waals surface area contributed by atoms with Gasteiger partial charge < -0.3 is 4.11 Å². The molecule has 0 heterocycles. The highest BCUT2D eigenvalue weighted by Gasteiger charge is 2.30. The zero-order chi connectivity index (χ0) is 7.65. The molecule has 2 heteroatoms. The van der Waals surface area contributed by atoms with E-state index >= 15 is 0 Å². The zero-order valence-corrected chi connectivity index (χ0v) is 7.96. The second kappa shape index (κ2) is 2.82. The lowest BCUT2D eigenvalue weighted by atomic mass is 10.2. The van der Waals surface area contributed by atoms with Gasteiger partial charge in [0.2, 0.25) is 0 Å². The van der Waals surface area contributed by atoms with Gasteiger partial charge in [-0.15, -0.1) is 0 Å². The van der Waals surface area contributed by atoms with Crippen molar-refractivity contribution in [3.8, 4) is 0 Å². The Morgan fingerprint density at radius 2 is 1.56 bits per heavy atom. The minimum atomic E-state index is -1.62. The van der Waals surface area contributed by atoms with E-state index in [1.165, 1.54) is 0 Å². The summed E-state index contributed by atoms with van der Waals surface area (Å²) in [4.78, 5) is 0. The lowest BCUT2D eigenvalue weighted by Crippen LogP contribution is -2.23. The molecule has 0 fully saturated rings. The molecule has 0 rings (SSSR count). The van der Waals surface area contributed by atoms with Crippen molar-refractivity contribution in [1.29, 1.82) is 0 Å². The fourth-order valence-corrected chi connectivity index (χ4v) is 2.60. The van der Waals surface area contributed by atoms with Gasteiger partial charge in [-0.3, -0.25) is 0 Å². The molecule has 9 heavy (non-hydrogen) atoms. The summed E-state index contributed by atoms with van der Waals surface area (Å²) in [5, 5.41) is -0.0845. The number of hydrogen-bond donors (Lipinski definition) is 0. The Bertz CT molecular complexity index is 83.4. The van der Waals surface area contributed by atoms with Crippen LogP contribution in [0.25, 0.3) is 0 Å². The first kappa shape index (κ1) is 9.15. The second-order valence-electron chi connectivity index (χ2n) is 3.75. The number of halogens is 1. The summed E-state index contributed by atoms with van der Waals surface area (Å²) in [6.45, 7) is 9.84. The van der Waals surface area contributed by atoms with Crippen molar-refractivity contribution < 1.29 is 4.11 Å². The van der Waals surface area contributed by atoms with Gasteiger partial charge in [-0.1, -0.05) is 34.6 Å². The summed E-state index contributed by atoms with van der Waals surface area (Å²) >= 11 is 0. The molecule has 0 atom stereocenters. The quantitative estimate of drug-likeness (QED) is 0.395. The molecule has 0 aromatic carbocycles. The Kier molecular flexibility index (Phi) is 2.87. The highest BCUT2D eigenvalue weighted by atomic mass is 28.3. The van der Waals surface area contributed by atoms with E-state index in [9.17, 15) is 4.11 Å². The largest absolute Gasteiger partial charge is 0.313 e. The molecule has 0 N–H and O–H groups in total. The van der Waals surface area contributed by atoms with Crippen LogP contribution in [0.15, 0.2) is 0 Å². The maximum atomic E-state index is 13.1. The molecule has 0 spiro atoms. The topological polar surface area (TPSA) is 0 Å². The van der Waals surface area contributed by atoms with Crippen LogP contribution in [-0.2, 0) is 0 Å². The second-order valence-corrected chi connectivity index (χ2v) is 7.10. The zero-order valence-electron chi connectivity index (χ0n) is 6.96. The van der Waals surface area contributed by atoms with Gasteiger partial charge in [0.25, 0.3) is 9.13 Å². The standard InChI is InChI=1S/C7H16FSi/c1-6(2)9(8)7(3,4)5/h6H,1-5H3. The predicted molar refractivity (Wildman–Crippen MR) is 41.7 cm³/mol. The molecule has 1 radical (unpaired) electrons. The van der Waals surface area contributed by atoms with E-state index in [1.807, 2.05) is 34.6 Å². The molecule has 0 aliphatic carbocycles. The Balaban J connectivity index is 3.88. The van der Waals surface area contributed by atoms with Crippen molar-refractivity contribution in [3.05, 3.63) is 0 Å². The smallest absolute Gasteiger partial charge is 0.279 e. The average Bonchev–Trinajstić information content (AvgIpc) is 1.62. The molecule has 0 aromatic heterocycles. The summed E-state index contributed by atoms with van der Waals surface area (Å²) in [6.07, 6.45) is 0. The molecule has 0 saturated carbocycles. The number of rotatable bonds is 1. The fourth-order valence-electron chi connectivity index (χ4n) is 0.866. The van der Waals surface area contributed by atoms with Crippen LogP contribution in [0, 0.1) is 0 Å². The summed E-state index contributed by atoms with van der Waals surface area (Å²) in [5.41, 5.74) is 0.245. The fraction of sp³-hybridized carbons (Fsp3) is 1.00. The van der Waals surface area contributed by atoms with E-state index in [1.54, 1.807) is 0 Å².